The van der Waals surface area contributed by atoms with Crippen molar-refractivity contribution in [3.8, 4) is 5.75 Å². The van der Waals surface area contributed by atoms with Gasteiger partial charge in [0.05, 0.1) is 12.7 Å². The van der Waals surface area contributed by atoms with Gasteiger partial charge in [-0.25, -0.2) is 4.79 Å². The number of carbonyl (C=O) groups excluding carboxylic acids is 3. The largest absolute Gasteiger partial charge is 0.484 e. The monoisotopic (exact) mass is 393 g/mol. The molecule has 29 heavy (non-hydrogen) atoms. The molecule has 0 radical (unpaired) electrons. The first-order valence-electron chi connectivity index (χ1n) is 9.48. The molecule has 0 unspecified atom stereocenters. The number of ketones is 1. The fraction of sp³-hybridized carbons (Fsp3) is 0.261. The molecule has 6 heteroatoms. The Balaban J connectivity index is 1.53. The maximum atomic E-state index is 12.3. The molecule has 2 aromatic rings. The van der Waals surface area contributed by atoms with Crippen LogP contribution in [0.3, 0.4) is 0 Å². The van der Waals surface area contributed by atoms with Crippen LogP contribution in [0.4, 0.5) is 0 Å². The quantitative estimate of drug-likeness (QED) is 0.410. The lowest BCUT2D eigenvalue weighted by Gasteiger charge is -2.15. The summed E-state index contributed by atoms with van der Waals surface area (Å²) < 4.78 is 10.2. The maximum absolute atomic E-state index is 12.3. The number of allylic oxidation sites excluding steroid dienone is 1. The number of hydrogen-bond donors (Lipinski definition) is 0. The number of benzene rings is 2. The predicted molar refractivity (Wildman–Crippen MR) is 109 cm³/mol. The van der Waals surface area contributed by atoms with Crippen molar-refractivity contribution < 1.29 is 23.9 Å². The molecule has 0 bridgehead atoms. The van der Waals surface area contributed by atoms with Gasteiger partial charge in [0.1, 0.15) is 5.75 Å². The van der Waals surface area contributed by atoms with Crippen LogP contribution in [-0.4, -0.2) is 49.4 Å². The SMILES string of the molecule is COC(=O)c1ccc(/C=C/C(=O)c2ccc(OCC(=O)N3CCCC3)cc2)cc1. The summed E-state index contributed by atoms with van der Waals surface area (Å²) in [6, 6.07) is 13.5. The van der Waals surface area contributed by atoms with Crippen LogP contribution >= 0.6 is 0 Å². The molecule has 1 saturated heterocycles. The van der Waals surface area contributed by atoms with Crippen molar-refractivity contribution in [1.82, 2.24) is 4.90 Å². The smallest absolute Gasteiger partial charge is 0.337 e. The molecule has 150 valence electrons. The second kappa shape index (κ2) is 9.68. The van der Waals surface area contributed by atoms with E-state index < -0.39 is 5.97 Å². The second-order valence-corrected chi connectivity index (χ2v) is 6.71. The Morgan fingerprint density at radius 1 is 0.931 bits per heavy atom. The molecule has 0 atom stereocenters. The van der Waals surface area contributed by atoms with Gasteiger partial charge in [0.25, 0.3) is 5.91 Å². The highest BCUT2D eigenvalue weighted by Gasteiger charge is 2.18. The summed E-state index contributed by atoms with van der Waals surface area (Å²) in [5.41, 5.74) is 1.77. The van der Waals surface area contributed by atoms with Gasteiger partial charge in [0.2, 0.25) is 0 Å². The molecule has 0 aliphatic carbocycles. The normalized spacial score (nSPS) is 13.5. The molecule has 1 aliphatic heterocycles. The van der Waals surface area contributed by atoms with Crippen LogP contribution in [0.15, 0.2) is 54.6 Å². The number of likely N-dealkylation sites (tertiary alicyclic amines) is 1. The first-order valence-corrected chi connectivity index (χ1v) is 9.48. The van der Waals surface area contributed by atoms with E-state index in [0.717, 1.165) is 31.5 Å². The van der Waals surface area contributed by atoms with E-state index in [1.165, 1.54) is 13.2 Å². The van der Waals surface area contributed by atoms with Gasteiger partial charge in [-0.05, 0) is 60.9 Å². The third-order valence-electron chi connectivity index (χ3n) is 4.72. The molecule has 0 spiro atoms. The average molecular weight is 393 g/mol. The third-order valence-corrected chi connectivity index (χ3v) is 4.72. The van der Waals surface area contributed by atoms with Crippen molar-refractivity contribution in [3.05, 3.63) is 71.3 Å². The van der Waals surface area contributed by atoms with Gasteiger partial charge in [-0.2, -0.15) is 0 Å². The third kappa shape index (κ3) is 5.54. The fourth-order valence-corrected chi connectivity index (χ4v) is 3.03. The molecule has 0 saturated carbocycles. The summed E-state index contributed by atoms with van der Waals surface area (Å²) in [6.07, 6.45) is 5.25. The Kier molecular flexibility index (Phi) is 6.79. The van der Waals surface area contributed by atoms with Crippen LogP contribution in [0, 0.1) is 0 Å². The molecule has 1 amide bonds. The minimum atomic E-state index is -0.402. The van der Waals surface area contributed by atoms with E-state index in [1.54, 1.807) is 59.5 Å². The predicted octanol–water partition coefficient (Wildman–Crippen LogP) is 3.37. The van der Waals surface area contributed by atoms with Crippen LogP contribution in [-0.2, 0) is 9.53 Å². The van der Waals surface area contributed by atoms with Crippen molar-refractivity contribution in [3.63, 3.8) is 0 Å². The number of esters is 1. The number of hydrogen-bond acceptors (Lipinski definition) is 5. The number of ether oxygens (including phenoxy) is 2. The van der Waals surface area contributed by atoms with Crippen molar-refractivity contribution in [2.45, 2.75) is 12.8 Å². The molecule has 0 aromatic heterocycles. The van der Waals surface area contributed by atoms with Crippen molar-refractivity contribution in [1.29, 1.82) is 0 Å². The minimum absolute atomic E-state index is 0.00870. The number of carbonyl (C=O) groups is 3. The second-order valence-electron chi connectivity index (χ2n) is 6.71. The fourth-order valence-electron chi connectivity index (χ4n) is 3.03. The zero-order valence-electron chi connectivity index (χ0n) is 16.3. The number of rotatable bonds is 7. The molecule has 1 fully saturated rings. The van der Waals surface area contributed by atoms with Crippen LogP contribution in [0.1, 0.15) is 39.1 Å². The van der Waals surface area contributed by atoms with E-state index in [1.807, 2.05) is 0 Å². The summed E-state index contributed by atoms with van der Waals surface area (Å²) in [5, 5.41) is 0. The Bertz CT molecular complexity index is 894. The summed E-state index contributed by atoms with van der Waals surface area (Å²) in [6.45, 7) is 1.61. The first-order chi connectivity index (χ1) is 14.1. The van der Waals surface area contributed by atoms with E-state index in [4.69, 9.17) is 4.74 Å². The van der Waals surface area contributed by atoms with Crippen LogP contribution in [0.5, 0.6) is 5.75 Å². The van der Waals surface area contributed by atoms with Gasteiger partial charge in [-0.3, -0.25) is 9.59 Å². The zero-order chi connectivity index (χ0) is 20.6. The van der Waals surface area contributed by atoms with Gasteiger partial charge in [-0.15, -0.1) is 0 Å². The van der Waals surface area contributed by atoms with Crippen LogP contribution in [0.2, 0.25) is 0 Å². The van der Waals surface area contributed by atoms with Crippen LogP contribution in [0.25, 0.3) is 6.08 Å². The number of amides is 1. The van der Waals surface area contributed by atoms with Gasteiger partial charge in [0.15, 0.2) is 12.4 Å². The Morgan fingerprint density at radius 3 is 2.17 bits per heavy atom. The highest BCUT2D eigenvalue weighted by molar-refractivity contribution is 6.06. The Morgan fingerprint density at radius 2 is 1.55 bits per heavy atom. The molecule has 6 nitrogen and oxygen atoms in total. The summed E-state index contributed by atoms with van der Waals surface area (Å²) in [5.74, 6) is -0.0111. The highest BCUT2D eigenvalue weighted by atomic mass is 16.5. The molecule has 3 rings (SSSR count). The van der Waals surface area contributed by atoms with Gasteiger partial charge >= 0.3 is 5.97 Å². The summed E-state index contributed by atoms with van der Waals surface area (Å²) in [4.78, 5) is 37.6. The Hall–Kier alpha value is -3.41. The van der Waals surface area contributed by atoms with E-state index in [9.17, 15) is 14.4 Å². The van der Waals surface area contributed by atoms with Crippen molar-refractivity contribution >= 4 is 23.7 Å². The summed E-state index contributed by atoms with van der Waals surface area (Å²) in [7, 11) is 1.33. The lowest BCUT2D eigenvalue weighted by molar-refractivity contribution is -0.132. The lowest BCUT2D eigenvalue weighted by atomic mass is 10.1. The molecule has 1 aliphatic rings. The van der Waals surface area contributed by atoms with E-state index in [2.05, 4.69) is 4.74 Å². The molecular weight excluding hydrogens is 370 g/mol. The number of methoxy groups -OCH3 is 1. The highest BCUT2D eigenvalue weighted by Crippen LogP contribution is 2.15. The summed E-state index contributed by atoms with van der Waals surface area (Å²) >= 11 is 0. The minimum Gasteiger partial charge on any atom is -0.484 e. The topological polar surface area (TPSA) is 72.9 Å². The zero-order valence-corrected chi connectivity index (χ0v) is 16.3. The average Bonchev–Trinajstić information content (AvgIpc) is 3.31. The molecular formula is C23H23NO5. The van der Waals surface area contributed by atoms with E-state index in [0.29, 0.717) is 16.9 Å². The number of nitrogens with zero attached hydrogens (tertiary/aromatic N) is 1. The van der Waals surface area contributed by atoms with Crippen molar-refractivity contribution in [2.75, 3.05) is 26.8 Å². The van der Waals surface area contributed by atoms with Gasteiger partial charge in [-0.1, -0.05) is 18.2 Å². The van der Waals surface area contributed by atoms with Gasteiger partial charge in [0, 0.05) is 18.7 Å². The maximum Gasteiger partial charge on any atom is 0.337 e. The lowest BCUT2D eigenvalue weighted by Crippen LogP contribution is -2.32. The van der Waals surface area contributed by atoms with Crippen LogP contribution < -0.4 is 4.74 Å². The van der Waals surface area contributed by atoms with E-state index >= 15 is 0 Å². The molecule has 0 N–H and O–H groups in total. The molecule has 1 heterocycles. The van der Waals surface area contributed by atoms with E-state index in [-0.39, 0.29) is 18.3 Å². The van der Waals surface area contributed by atoms with Gasteiger partial charge < -0.3 is 14.4 Å². The first kappa shape index (κ1) is 20.3. The Labute approximate surface area is 169 Å². The van der Waals surface area contributed by atoms with Crippen molar-refractivity contribution in [2.24, 2.45) is 0 Å². The standard InChI is InChI=1S/C23H23NO5/c1-28-23(27)19-7-4-17(5-8-19)6-13-21(25)18-9-11-20(12-10-18)29-16-22(26)24-14-2-3-15-24/h4-13H,2-3,14-16H2,1H3/b13-6+. The molecule has 2 aromatic carbocycles.